The molecule has 0 fully saturated rings. The average molecular weight is 342 g/mol. The lowest BCUT2D eigenvalue weighted by Crippen LogP contribution is -2.19. The van der Waals surface area contributed by atoms with E-state index in [4.69, 9.17) is 0 Å². The monoisotopic (exact) mass is 341 g/mol. The lowest BCUT2D eigenvalue weighted by Gasteiger charge is -2.05. The fraction of sp³-hybridized carbons (Fsp3) is 0.333. The van der Waals surface area contributed by atoms with E-state index < -0.39 is 9.84 Å². The largest absolute Gasteiger partial charge is 0.316 e. The normalized spacial score (nSPS) is 11.7. The maximum atomic E-state index is 11.4. The van der Waals surface area contributed by atoms with E-state index in [9.17, 15) is 8.42 Å². The molecule has 0 saturated heterocycles. The van der Waals surface area contributed by atoms with Crippen LogP contribution < -0.4 is 5.32 Å². The smallest absolute Gasteiger partial charge is 0.175 e. The van der Waals surface area contributed by atoms with Gasteiger partial charge in [0.15, 0.2) is 9.84 Å². The van der Waals surface area contributed by atoms with E-state index in [1.165, 1.54) is 11.8 Å². The van der Waals surface area contributed by atoms with Gasteiger partial charge in [-0.2, -0.15) is 11.3 Å². The first-order chi connectivity index (χ1) is 10.1. The molecule has 0 aliphatic rings. The van der Waals surface area contributed by atoms with Gasteiger partial charge in [0.1, 0.15) is 0 Å². The first-order valence-electron chi connectivity index (χ1n) is 6.70. The minimum atomic E-state index is -3.09. The molecule has 3 nitrogen and oxygen atoms in total. The molecule has 1 aromatic carbocycles. The third-order valence-electron chi connectivity index (χ3n) is 2.97. The van der Waals surface area contributed by atoms with Crippen LogP contribution in [0.2, 0.25) is 0 Å². The van der Waals surface area contributed by atoms with Crippen LogP contribution in [0.3, 0.4) is 0 Å². The second kappa shape index (κ2) is 7.98. The maximum Gasteiger partial charge on any atom is 0.175 e. The van der Waals surface area contributed by atoms with Crippen LogP contribution in [-0.4, -0.2) is 33.5 Å². The van der Waals surface area contributed by atoms with Crippen LogP contribution in [0.5, 0.6) is 0 Å². The van der Waals surface area contributed by atoms with Gasteiger partial charge in [0.05, 0.1) is 4.90 Å². The van der Waals surface area contributed by atoms with Gasteiger partial charge in [-0.15, -0.1) is 11.8 Å². The second-order valence-electron chi connectivity index (χ2n) is 4.72. The third kappa shape index (κ3) is 5.82. The molecule has 0 amide bonds. The summed E-state index contributed by atoms with van der Waals surface area (Å²) >= 11 is 3.47. The molecule has 2 aromatic rings. The van der Waals surface area contributed by atoms with Gasteiger partial charge < -0.3 is 5.32 Å². The molecule has 0 aliphatic heterocycles. The number of thiophene rings is 1. The Kier molecular flexibility index (Phi) is 6.29. The maximum absolute atomic E-state index is 11.4. The predicted molar refractivity (Wildman–Crippen MR) is 91.2 cm³/mol. The summed E-state index contributed by atoms with van der Waals surface area (Å²) in [6, 6.07) is 9.23. The second-order valence-corrected chi connectivity index (χ2v) is 8.69. The van der Waals surface area contributed by atoms with E-state index in [1.807, 2.05) is 12.1 Å². The Morgan fingerprint density at radius 1 is 1.14 bits per heavy atom. The quantitative estimate of drug-likeness (QED) is 0.592. The van der Waals surface area contributed by atoms with Crippen molar-refractivity contribution in [1.29, 1.82) is 0 Å². The molecular weight excluding hydrogens is 322 g/mol. The van der Waals surface area contributed by atoms with Gasteiger partial charge in [0, 0.05) is 23.4 Å². The first kappa shape index (κ1) is 16.5. The van der Waals surface area contributed by atoms with Crippen molar-refractivity contribution < 1.29 is 8.42 Å². The predicted octanol–water partition coefficient (Wildman–Crippen LogP) is 3.08. The van der Waals surface area contributed by atoms with Crippen molar-refractivity contribution in [2.75, 3.05) is 25.1 Å². The Labute approximate surface area is 134 Å². The molecule has 0 unspecified atom stereocenters. The Morgan fingerprint density at radius 3 is 2.52 bits per heavy atom. The Morgan fingerprint density at radius 2 is 1.90 bits per heavy atom. The Balaban J connectivity index is 1.64. The number of sulfone groups is 1. The molecule has 0 saturated carbocycles. The van der Waals surface area contributed by atoms with Gasteiger partial charge in [-0.05, 0) is 59.6 Å². The van der Waals surface area contributed by atoms with Crippen molar-refractivity contribution in [3.63, 3.8) is 0 Å². The van der Waals surface area contributed by atoms with Gasteiger partial charge >= 0.3 is 0 Å². The standard InChI is InChI=1S/C15H19NO2S3/c1-21(17,18)15-4-2-14(3-5-15)20-11-9-16-8-6-13-7-10-19-12-13/h2-5,7,10,12,16H,6,8-9,11H2,1H3. The number of rotatable bonds is 8. The van der Waals surface area contributed by atoms with E-state index >= 15 is 0 Å². The van der Waals surface area contributed by atoms with E-state index in [1.54, 1.807) is 35.2 Å². The molecule has 6 heteroatoms. The van der Waals surface area contributed by atoms with E-state index in [0.717, 1.165) is 30.2 Å². The molecule has 1 aromatic heterocycles. The summed E-state index contributed by atoms with van der Waals surface area (Å²) < 4.78 is 22.7. The molecular formula is C15H19NO2S3. The van der Waals surface area contributed by atoms with Crippen LogP contribution >= 0.6 is 23.1 Å². The van der Waals surface area contributed by atoms with Crippen molar-refractivity contribution >= 4 is 32.9 Å². The van der Waals surface area contributed by atoms with Gasteiger partial charge in [-0.25, -0.2) is 8.42 Å². The lowest BCUT2D eigenvalue weighted by atomic mass is 10.2. The zero-order chi connectivity index (χ0) is 15.1. The molecule has 0 radical (unpaired) electrons. The van der Waals surface area contributed by atoms with Crippen LogP contribution in [0.4, 0.5) is 0 Å². The van der Waals surface area contributed by atoms with E-state index in [2.05, 4.69) is 22.1 Å². The molecule has 0 aliphatic carbocycles. The molecule has 1 heterocycles. The van der Waals surface area contributed by atoms with Crippen LogP contribution in [0, 0.1) is 0 Å². The highest BCUT2D eigenvalue weighted by molar-refractivity contribution is 7.99. The SMILES string of the molecule is CS(=O)(=O)c1ccc(SCCNCCc2ccsc2)cc1. The van der Waals surface area contributed by atoms with Crippen LogP contribution in [0.25, 0.3) is 0 Å². The minimum Gasteiger partial charge on any atom is -0.316 e. The van der Waals surface area contributed by atoms with Crippen molar-refractivity contribution in [3.8, 4) is 0 Å². The average Bonchev–Trinajstić information content (AvgIpc) is 2.95. The van der Waals surface area contributed by atoms with Crippen LogP contribution in [0.1, 0.15) is 5.56 Å². The van der Waals surface area contributed by atoms with Crippen molar-refractivity contribution in [2.45, 2.75) is 16.2 Å². The molecule has 2 rings (SSSR count). The topological polar surface area (TPSA) is 46.2 Å². The van der Waals surface area contributed by atoms with Crippen molar-refractivity contribution in [1.82, 2.24) is 5.32 Å². The number of hydrogen-bond acceptors (Lipinski definition) is 5. The molecule has 1 N–H and O–H groups in total. The Bertz CT molecular complexity index is 634. The Hall–Kier alpha value is -0.820. The van der Waals surface area contributed by atoms with Crippen molar-refractivity contribution in [2.24, 2.45) is 0 Å². The van der Waals surface area contributed by atoms with E-state index in [-0.39, 0.29) is 0 Å². The van der Waals surface area contributed by atoms with Crippen molar-refractivity contribution in [3.05, 3.63) is 46.7 Å². The fourth-order valence-electron chi connectivity index (χ4n) is 1.82. The summed E-state index contributed by atoms with van der Waals surface area (Å²) in [5.74, 6) is 0.974. The molecule has 114 valence electrons. The zero-order valence-corrected chi connectivity index (χ0v) is 14.4. The highest BCUT2D eigenvalue weighted by atomic mass is 32.2. The summed E-state index contributed by atoms with van der Waals surface area (Å²) in [5.41, 5.74) is 1.39. The summed E-state index contributed by atoms with van der Waals surface area (Å²) in [6.07, 6.45) is 2.30. The summed E-state index contributed by atoms with van der Waals surface area (Å²) in [7, 11) is -3.09. The molecule has 0 atom stereocenters. The number of nitrogens with one attached hydrogen (secondary N) is 1. The van der Waals surface area contributed by atoms with Gasteiger partial charge in [-0.3, -0.25) is 0 Å². The zero-order valence-electron chi connectivity index (χ0n) is 11.9. The number of hydrogen-bond donors (Lipinski definition) is 1. The van der Waals surface area contributed by atoms with Crippen LogP contribution in [-0.2, 0) is 16.3 Å². The van der Waals surface area contributed by atoms with Gasteiger partial charge in [-0.1, -0.05) is 0 Å². The van der Waals surface area contributed by atoms with Gasteiger partial charge in [0.2, 0.25) is 0 Å². The lowest BCUT2D eigenvalue weighted by molar-refractivity contribution is 0.602. The molecule has 21 heavy (non-hydrogen) atoms. The fourth-order valence-corrected chi connectivity index (χ4v) is 3.96. The summed E-state index contributed by atoms with van der Waals surface area (Å²) in [4.78, 5) is 1.47. The minimum absolute atomic E-state index is 0.376. The van der Waals surface area contributed by atoms with E-state index in [0.29, 0.717) is 4.90 Å². The summed E-state index contributed by atoms with van der Waals surface area (Å²) in [6.45, 7) is 1.94. The van der Waals surface area contributed by atoms with Crippen LogP contribution in [0.15, 0.2) is 50.9 Å². The first-order valence-corrected chi connectivity index (χ1v) is 10.5. The molecule has 0 spiro atoms. The highest BCUT2D eigenvalue weighted by Gasteiger charge is 2.05. The summed E-state index contributed by atoms with van der Waals surface area (Å²) in [5, 5.41) is 7.70. The number of thioether (sulfide) groups is 1. The molecule has 0 bridgehead atoms. The third-order valence-corrected chi connectivity index (χ3v) is 5.84. The highest BCUT2D eigenvalue weighted by Crippen LogP contribution is 2.19. The van der Waals surface area contributed by atoms with Gasteiger partial charge in [0.25, 0.3) is 0 Å². The number of benzene rings is 1.